The van der Waals surface area contributed by atoms with Gasteiger partial charge in [-0.1, -0.05) is 36.0 Å². The normalized spacial score (nSPS) is 14.7. The number of carbonyl (C=O) groups is 2. The summed E-state index contributed by atoms with van der Waals surface area (Å²) in [5.41, 5.74) is 0.232. The van der Waals surface area contributed by atoms with Crippen LogP contribution in [0.15, 0.2) is 53.4 Å². The standard InChI is InChI=1S/C19H16F3NO3S/c20-12-7-5-11(6-8-12)16(17(24)23-13-9-10-13)26-18(25)14-3-1-2-4-15(14)27-19(21)22/h1-8,13,16,19H,9-10H2,(H,23,24)/t16-/m0/s1. The molecule has 1 aliphatic rings. The molecule has 2 aromatic rings. The third kappa shape index (κ3) is 5.26. The molecule has 0 bridgehead atoms. The number of hydrogen-bond donors (Lipinski definition) is 1. The zero-order valence-corrected chi connectivity index (χ0v) is 14.8. The topological polar surface area (TPSA) is 55.4 Å². The molecule has 1 saturated carbocycles. The van der Waals surface area contributed by atoms with Crippen molar-refractivity contribution in [1.29, 1.82) is 0 Å². The molecule has 8 heteroatoms. The summed E-state index contributed by atoms with van der Waals surface area (Å²) in [5.74, 6) is -4.63. The van der Waals surface area contributed by atoms with E-state index in [9.17, 15) is 22.8 Å². The number of alkyl halides is 2. The Kier molecular flexibility index (Phi) is 6.05. The average Bonchev–Trinajstić information content (AvgIpc) is 3.44. The highest BCUT2D eigenvalue weighted by Gasteiger charge is 2.31. The Morgan fingerprint density at radius 1 is 1.07 bits per heavy atom. The van der Waals surface area contributed by atoms with Gasteiger partial charge in [-0.25, -0.2) is 9.18 Å². The minimum atomic E-state index is -2.70. The Morgan fingerprint density at radius 3 is 2.37 bits per heavy atom. The fourth-order valence-corrected chi connectivity index (χ4v) is 3.05. The van der Waals surface area contributed by atoms with Crippen molar-refractivity contribution >= 4 is 23.6 Å². The summed E-state index contributed by atoms with van der Waals surface area (Å²) < 4.78 is 44.0. The number of carbonyl (C=O) groups excluding carboxylic acids is 2. The van der Waals surface area contributed by atoms with Gasteiger partial charge in [0.2, 0.25) is 6.10 Å². The Hall–Kier alpha value is -2.48. The largest absolute Gasteiger partial charge is 0.444 e. The fraction of sp³-hybridized carbons (Fsp3) is 0.263. The molecule has 0 heterocycles. The first-order valence-electron chi connectivity index (χ1n) is 8.24. The van der Waals surface area contributed by atoms with Gasteiger partial charge in [0, 0.05) is 16.5 Å². The van der Waals surface area contributed by atoms with Crippen molar-refractivity contribution in [3.8, 4) is 0 Å². The van der Waals surface area contributed by atoms with E-state index in [-0.39, 0.29) is 28.3 Å². The quantitative estimate of drug-likeness (QED) is 0.561. The van der Waals surface area contributed by atoms with Gasteiger partial charge in [0.25, 0.3) is 11.7 Å². The molecule has 1 amide bonds. The van der Waals surface area contributed by atoms with Crippen LogP contribution >= 0.6 is 11.8 Å². The molecule has 1 atom stereocenters. The first-order chi connectivity index (χ1) is 12.9. The maximum absolute atomic E-state index is 13.2. The van der Waals surface area contributed by atoms with E-state index >= 15 is 0 Å². The van der Waals surface area contributed by atoms with E-state index in [0.717, 1.165) is 25.0 Å². The lowest BCUT2D eigenvalue weighted by molar-refractivity contribution is -0.130. The van der Waals surface area contributed by atoms with Gasteiger partial charge in [-0.05, 0) is 37.1 Å². The number of rotatable bonds is 7. The van der Waals surface area contributed by atoms with Crippen LogP contribution in [0.4, 0.5) is 13.2 Å². The summed E-state index contributed by atoms with van der Waals surface area (Å²) in [6.45, 7) is 0. The highest BCUT2D eigenvalue weighted by molar-refractivity contribution is 7.99. The summed E-state index contributed by atoms with van der Waals surface area (Å²) in [4.78, 5) is 25.1. The van der Waals surface area contributed by atoms with Gasteiger partial charge in [0.15, 0.2) is 0 Å². The molecule has 142 valence electrons. The molecule has 0 spiro atoms. The lowest BCUT2D eigenvalue weighted by Gasteiger charge is -2.19. The van der Waals surface area contributed by atoms with Crippen LogP contribution in [0, 0.1) is 5.82 Å². The zero-order valence-electron chi connectivity index (χ0n) is 14.0. The smallest absolute Gasteiger partial charge is 0.340 e. The van der Waals surface area contributed by atoms with Gasteiger partial charge >= 0.3 is 5.97 Å². The van der Waals surface area contributed by atoms with Crippen LogP contribution in [0.25, 0.3) is 0 Å². The van der Waals surface area contributed by atoms with Crippen molar-refractivity contribution in [3.63, 3.8) is 0 Å². The molecule has 2 aromatic carbocycles. The van der Waals surface area contributed by atoms with Gasteiger partial charge < -0.3 is 10.1 Å². The molecular formula is C19H16F3NO3S. The number of amides is 1. The van der Waals surface area contributed by atoms with E-state index in [1.54, 1.807) is 0 Å². The lowest BCUT2D eigenvalue weighted by atomic mass is 10.1. The zero-order chi connectivity index (χ0) is 19.4. The van der Waals surface area contributed by atoms with E-state index in [4.69, 9.17) is 4.74 Å². The molecule has 0 saturated heterocycles. The van der Waals surface area contributed by atoms with E-state index < -0.39 is 29.6 Å². The number of hydrogen-bond acceptors (Lipinski definition) is 4. The Labute approximate surface area is 158 Å². The van der Waals surface area contributed by atoms with Crippen molar-refractivity contribution in [2.45, 2.75) is 35.6 Å². The molecule has 1 N–H and O–H groups in total. The maximum Gasteiger partial charge on any atom is 0.340 e. The molecule has 1 fully saturated rings. The van der Waals surface area contributed by atoms with Crippen LogP contribution in [0.5, 0.6) is 0 Å². The summed E-state index contributed by atoms with van der Waals surface area (Å²) in [6, 6.07) is 10.8. The summed E-state index contributed by atoms with van der Waals surface area (Å²) >= 11 is 0.223. The SMILES string of the molecule is O=C(O[C@H](C(=O)NC1CC1)c1ccc(F)cc1)c1ccccc1SC(F)F. The Balaban J connectivity index is 1.84. The molecule has 0 aromatic heterocycles. The number of halogens is 3. The predicted molar refractivity (Wildman–Crippen MR) is 94.0 cm³/mol. The minimum Gasteiger partial charge on any atom is -0.444 e. The van der Waals surface area contributed by atoms with Gasteiger partial charge in [-0.15, -0.1) is 0 Å². The summed E-state index contributed by atoms with van der Waals surface area (Å²) in [6.07, 6.45) is 0.371. The van der Waals surface area contributed by atoms with E-state index in [0.29, 0.717) is 5.56 Å². The number of esters is 1. The van der Waals surface area contributed by atoms with Crippen molar-refractivity contribution in [2.75, 3.05) is 0 Å². The van der Waals surface area contributed by atoms with Crippen LogP contribution in [-0.2, 0) is 9.53 Å². The van der Waals surface area contributed by atoms with Crippen LogP contribution < -0.4 is 5.32 Å². The predicted octanol–water partition coefficient (Wildman–Crippen LogP) is 4.32. The monoisotopic (exact) mass is 395 g/mol. The van der Waals surface area contributed by atoms with E-state index in [1.165, 1.54) is 36.4 Å². The van der Waals surface area contributed by atoms with Crippen LogP contribution in [0.3, 0.4) is 0 Å². The molecule has 0 unspecified atom stereocenters. The lowest BCUT2D eigenvalue weighted by Crippen LogP contribution is -2.33. The van der Waals surface area contributed by atoms with Crippen molar-refractivity contribution in [2.24, 2.45) is 0 Å². The molecule has 1 aliphatic carbocycles. The molecule has 0 radical (unpaired) electrons. The number of ether oxygens (including phenoxy) is 1. The molecule has 27 heavy (non-hydrogen) atoms. The fourth-order valence-electron chi connectivity index (χ4n) is 2.42. The van der Waals surface area contributed by atoms with Gasteiger partial charge in [0.05, 0.1) is 5.56 Å². The second-order valence-electron chi connectivity index (χ2n) is 5.99. The highest BCUT2D eigenvalue weighted by atomic mass is 32.2. The summed E-state index contributed by atoms with van der Waals surface area (Å²) in [7, 11) is 0. The molecule has 0 aliphatic heterocycles. The van der Waals surface area contributed by atoms with E-state index in [1.807, 2.05) is 0 Å². The van der Waals surface area contributed by atoms with Crippen LogP contribution in [0.2, 0.25) is 0 Å². The van der Waals surface area contributed by atoms with Crippen molar-refractivity contribution < 1.29 is 27.5 Å². The van der Waals surface area contributed by atoms with Gasteiger partial charge in [-0.3, -0.25) is 4.79 Å². The van der Waals surface area contributed by atoms with E-state index in [2.05, 4.69) is 5.32 Å². The number of benzene rings is 2. The van der Waals surface area contributed by atoms with Crippen molar-refractivity contribution in [3.05, 3.63) is 65.5 Å². The van der Waals surface area contributed by atoms with Gasteiger partial charge in [-0.2, -0.15) is 8.78 Å². The highest BCUT2D eigenvalue weighted by Crippen LogP contribution is 2.30. The first-order valence-corrected chi connectivity index (χ1v) is 9.12. The second-order valence-corrected chi connectivity index (χ2v) is 7.03. The summed E-state index contributed by atoms with van der Waals surface area (Å²) in [5, 5.41) is 2.74. The second kappa shape index (κ2) is 8.47. The Morgan fingerprint density at radius 2 is 1.74 bits per heavy atom. The molecule has 4 nitrogen and oxygen atoms in total. The maximum atomic E-state index is 13.2. The van der Waals surface area contributed by atoms with Crippen LogP contribution in [-0.4, -0.2) is 23.7 Å². The number of thioether (sulfide) groups is 1. The van der Waals surface area contributed by atoms with Crippen LogP contribution in [0.1, 0.15) is 34.9 Å². The van der Waals surface area contributed by atoms with Crippen molar-refractivity contribution in [1.82, 2.24) is 5.32 Å². The van der Waals surface area contributed by atoms with Gasteiger partial charge in [0.1, 0.15) is 5.82 Å². The Bertz CT molecular complexity index is 825. The first kappa shape index (κ1) is 19.3. The average molecular weight is 395 g/mol. The molecule has 3 rings (SSSR count). The molecular weight excluding hydrogens is 379 g/mol. The third-order valence-electron chi connectivity index (χ3n) is 3.88. The minimum absolute atomic E-state index is 0.0285. The number of nitrogens with one attached hydrogen (secondary N) is 1. The third-order valence-corrected chi connectivity index (χ3v) is 4.67.